The number of nitrogens with one attached hydrogen (secondary N) is 2. The van der Waals surface area contributed by atoms with Crippen molar-refractivity contribution in [1.29, 1.82) is 0 Å². The van der Waals surface area contributed by atoms with E-state index in [1.54, 1.807) is 0 Å². The summed E-state index contributed by atoms with van der Waals surface area (Å²) in [6.07, 6.45) is 3.11. The van der Waals surface area contributed by atoms with E-state index in [1.807, 2.05) is 79.7 Å². The van der Waals surface area contributed by atoms with Crippen LogP contribution >= 0.6 is 23.1 Å². The first kappa shape index (κ1) is 30.6. The molecule has 0 aliphatic heterocycles. The molecule has 2 N–H and O–H groups in total. The van der Waals surface area contributed by atoms with Crippen LogP contribution in [0.1, 0.15) is 62.4 Å². The number of hydrogen-bond acceptors (Lipinski definition) is 6. The summed E-state index contributed by atoms with van der Waals surface area (Å²) >= 11 is 2.92. The minimum absolute atomic E-state index is 0.170. The molecule has 0 saturated heterocycles. The number of carbonyl (C=O) groups excluding carboxylic acids is 3. The third-order valence-corrected chi connectivity index (χ3v) is 10.7. The van der Waals surface area contributed by atoms with Crippen molar-refractivity contribution in [3.63, 3.8) is 0 Å². The monoisotopic (exact) mass is 634 g/mol. The zero-order valence-corrected chi connectivity index (χ0v) is 26.8. The van der Waals surface area contributed by atoms with Crippen molar-refractivity contribution in [2.24, 2.45) is 0 Å². The standard InChI is InChI=1S/C37H34N2O4S2/c1-3-31(44-29-15-9-14-28(22-29)38-34(40)27-17-16-24-12-7-8-13-25(24)20-27)35(41)39-36-33(37(42)43-2)30-19-18-26(21-32(30)45-36)23-10-5-4-6-11-23/h4-17,20,22,26,31H,3,18-19,21H2,1-2H3,(H,38,40)(H,39,41). The predicted molar refractivity (Wildman–Crippen MR) is 184 cm³/mol. The van der Waals surface area contributed by atoms with Crippen molar-refractivity contribution in [3.05, 3.63) is 124 Å². The average Bonchev–Trinajstić information content (AvgIpc) is 3.44. The van der Waals surface area contributed by atoms with Crippen LogP contribution in [0.15, 0.2) is 102 Å². The van der Waals surface area contributed by atoms with Gasteiger partial charge in [0.1, 0.15) is 5.00 Å². The van der Waals surface area contributed by atoms with Gasteiger partial charge in [-0.1, -0.05) is 73.7 Å². The van der Waals surface area contributed by atoms with E-state index in [0.29, 0.717) is 34.2 Å². The second kappa shape index (κ2) is 13.7. The van der Waals surface area contributed by atoms with Gasteiger partial charge in [-0.05, 0) is 83.8 Å². The Kier molecular flexibility index (Phi) is 9.33. The molecule has 1 heterocycles. The highest BCUT2D eigenvalue weighted by atomic mass is 32.2. The lowest BCUT2D eigenvalue weighted by Gasteiger charge is -2.22. The van der Waals surface area contributed by atoms with Crippen molar-refractivity contribution < 1.29 is 19.1 Å². The molecule has 0 spiro atoms. The summed E-state index contributed by atoms with van der Waals surface area (Å²) in [5.74, 6) is -0.411. The summed E-state index contributed by atoms with van der Waals surface area (Å²) < 4.78 is 5.15. The van der Waals surface area contributed by atoms with Crippen LogP contribution in [0, 0.1) is 0 Å². The van der Waals surface area contributed by atoms with E-state index in [1.165, 1.54) is 35.8 Å². The molecule has 8 heteroatoms. The maximum Gasteiger partial charge on any atom is 0.341 e. The number of thioether (sulfide) groups is 1. The number of thiophene rings is 1. The molecule has 2 unspecified atom stereocenters. The second-order valence-electron chi connectivity index (χ2n) is 11.1. The van der Waals surface area contributed by atoms with Gasteiger partial charge in [-0.3, -0.25) is 9.59 Å². The molecule has 2 atom stereocenters. The van der Waals surface area contributed by atoms with Gasteiger partial charge < -0.3 is 15.4 Å². The van der Waals surface area contributed by atoms with Crippen LogP contribution in [0.4, 0.5) is 10.7 Å². The van der Waals surface area contributed by atoms with Crippen molar-refractivity contribution in [1.82, 2.24) is 0 Å². The fourth-order valence-electron chi connectivity index (χ4n) is 5.86. The largest absolute Gasteiger partial charge is 0.465 e. The molecule has 1 aliphatic carbocycles. The van der Waals surface area contributed by atoms with E-state index >= 15 is 0 Å². The summed E-state index contributed by atoms with van der Waals surface area (Å²) in [6, 6.07) is 31.5. The molecule has 6 rings (SSSR count). The summed E-state index contributed by atoms with van der Waals surface area (Å²) in [6.45, 7) is 1.97. The fraction of sp³-hybridized carbons (Fsp3) is 0.216. The Hall–Kier alpha value is -4.40. The van der Waals surface area contributed by atoms with Crippen LogP contribution in [0.3, 0.4) is 0 Å². The van der Waals surface area contributed by atoms with E-state index in [0.717, 1.165) is 45.4 Å². The highest BCUT2D eigenvalue weighted by Gasteiger charge is 2.31. The second-order valence-corrected chi connectivity index (χ2v) is 13.5. The normalized spacial score (nSPS) is 14.8. The topological polar surface area (TPSA) is 84.5 Å². The lowest BCUT2D eigenvalue weighted by atomic mass is 9.83. The Morgan fingerprint density at radius 2 is 1.69 bits per heavy atom. The predicted octanol–water partition coefficient (Wildman–Crippen LogP) is 8.72. The molecule has 1 aromatic heterocycles. The first-order valence-corrected chi connectivity index (χ1v) is 16.8. The zero-order chi connectivity index (χ0) is 31.3. The fourth-order valence-corrected chi connectivity index (χ4v) is 8.19. The lowest BCUT2D eigenvalue weighted by molar-refractivity contribution is -0.115. The van der Waals surface area contributed by atoms with Crippen LogP contribution in [-0.2, 0) is 22.4 Å². The SMILES string of the molecule is CCC(Sc1cccc(NC(=O)c2ccc3ccccc3c2)c1)C(=O)Nc1sc2c(c1C(=O)OC)CCC(c1ccccc1)C2. The van der Waals surface area contributed by atoms with E-state index in [-0.39, 0.29) is 11.8 Å². The molecule has 0 saturated carbocycles. The van der Waals surface area contributed by atoms with Crippen molar-refractivity contribution >= 4 is 62.3 Å². The molecule has 45 heavy (non-hydrogen) atoms. The molecule has 5 aromatic rings. The summed E-state index contributed by atoms with van der Waals surface area (Å²) in [5, 5.41) is 8.30. The van der Waals surface area contributed by atoms with Crippen molar-refractivity contribution in [2.45, 2.75) is 48.7 Å². The van der Waals surface area contributed by atoms with Gasteiger partial charge in [-0.2, -0.15) is 0 Å². The summed E-state index contributed by atoms with van der Waals surface area (Å²) in [7, 11) is 1.38. The Balaban J connectivity index is 1.16. The van der Waals surface area contributed by atoms with Gasteiger partial charge in [0, 0.05) is 21.0 Å². The number of fused-ring (bicyclic) bond motifs is 2. The zero-order valence-electron chi connectivity index (χ0n) is 25.2. The highest BCUT2D eigenvalue weighted by molar-refractivity contribution is 8.00. The van der Waals surface area contributed by atoms with Crippen LogP contribution in [0.5, 0.6) is 0 Å². The third kappa shape index (κ3) is 6.82. The van der Waals surface area contributed by atoms with E-state index in [2.05, 4.69) is 34.9 Å². The van der Waals surface area contributed by atoms with Gasteiger partial charge in [-0.25, -0.2) is 4.79 Å². The first-order chi connectivity index (χ1) is 21.9. The first-order valence-electron chi connectivity index (χ1n) is 15.1. The summed E-state index contributed by atoms with van der Waals surface area (Å²) in [4.78, 5) is 41.6. The van der Waals surface area contributed by atoms with Gasteiger partial charge in [0.2, 0.25) is 5.91 Å². The number of anilines is 2. The minimum atomic E-state index is -0.420. The highest BCUT2D eigenvalue weighted by Crippen LogP contribution is 2.43. The number of benzene rings is 4. The Labute approximate surface area is 271 Å². The molecule has 4 aromatic carbocycles. The van der Waals surface area contributed by atoms with Gasteiger partial charge in [0.05, 0.1) is 17.9 Å². The van der Waals surface area contributed by atoms with Gasteiger partial charge in [-0.15, -0.1) is 23.1 Å². The summed E-state index contributed by atoms with van der Waals surface area (Å²) in [5.41, 5.74) is 3.99. The molecular weight excluding hydrogens is 601 g/mol. The molecule has 2 amide bonds. The van der Waals surface area contributed by atoms with Crippen LogP contribution < -0.4 is 10.6 Å². The Morgan fingerprint density at radius 1 is 0.911 bits per heavy atom. The van der Waals surface area contributed by atoms with Crippen LogP contribution in [0.2, 0.25) is 0 Å². The lowest BCUT2D eigenvalue weighted by Crippen LogP contribution is -2.25. The molecule has 6 nitrogen and oxygen atoms in total. The van der Waals surface area contributed by atoms with Crippen LogP contribution in [0.25, 0.3) is 10.8 Å². The molecule has 0 fully saturated rings. The molecule has 1 aliphatic rings. The number of rotatable bonds is 9. The number of methoxy groups -OCH3 is 1. The maximum absolute atomic E-state index is 13.6. The van der Waals surface area contributed by atoms with E-state index < -0.39 is 11.2 Å². The van der Waals surface area contributed by atoms with Crippen molar-refractivity contribution in [2.75, 3.05) is 17.7 Å². The van der Waals surface area contributed by atoms with Crippen LogP contribution in [-0.4, -0.2) is 30.1 Å². The van der Waals surface area contributed by atoms with Crippen molar-refractivity contribution in [3.8, 4) is 0 Å². The van der Waals surface area contributed by atoms with E-state index in [9.17, 15) is 14.4 Å². The number of hydrogen-bond donors (Lipinski definition) is 2. The number of carbonyl (C=O) groups is 3. The minimum Gasteiger partial charge on any atom is -0.465 e. The Bertz CT molecular complexity index is 1870. The maximum atomic E-state index is 13.6. The quantitative estimate of drug-likeness (QED) is 0.125. The number of amides is 2. The average molecular weight is 635 g/mol. The Morgan fingerprint density at radius 3 is 2.47 bits per heavy atom. The third-order valence-electron chi connectivity index (χ3n) is 8.21. The molecule has 0 radical (unpaired) electrons. The molecular formula is C37H34N2O4S2. The number of esters is 1. The van der Waals surface area contributed by atoms with Gasteiger partial charge in [0.15, 0.2) is 0 Å². The molecule has 0 bridgehead atoms. The van der Waals surface area contributed by atoms with Gasteiger partial charge in [0.25, 0.3) is 5.91 Å². The molecule has 228 valence electrons. The smallest absolute Gasteiger partial charge is 0.341 e. The number of ether oxygens (including phenoxy) is 1. The van der Waals surface area contributed by atoms with Gasteiger partial charge >= 0.3 is 5.97 Å². The van der Waals surface area contributed by atoms with E-state index in [4.69, 9.17) is 4.74 Å².